The van der Waals surface area contributed by atoms with Gasteiger partial charge in [-0.1, -0.05) is 12.1 Å². The molecular weight excluding hydrogens is 344 g/mol. The number of carbonyl (C=O) groups is 1. The molecule has 0 saturated heterocycles. The number of nitrogens with one attached hydrogen (secondary N) is 1. The summed E-state index contributed by atoms with van der Waals surface area (Å²) in [6.45, 7) is 4.00. The summed E-state index contributed by atoms with van der Waals surface area (Å²) in [5.41, 5.74) is 1.24. The lowest BCUT2D eigenvalue weighted by atomic mass is 10.1. The molecule has 1 N–H and O–H groups in total. The summed E-state index contributed by atoms with van der Waals surface area (Å²) in [5.74, 6) is -2.54. The van der Waals surface area contributed by atoms with Gasteiger partial charge in [-0.15, -0.1) is 11.3 Å². The number of aryl methyl sites for hydroxylation is 2. The molecule has 0 aliphatic heterocycles. The SMILES string of the molecule is Cc1cc(C)n(C(CNC(=O)c2c(F)cccc2F)c2cccs2)n1. The van der Waals surface area contributed by atoms with Crippen molar-refractivity contribution in [1.82, 2.24) is 15.1 Å². The Kier molecular flexibility index (Phi) is 4.94. The molecule has 3 rings (SSSR count). The van der Waals surface area contributed by atoms with Gasteiger partial charge in [-0.3, -0.25) is 9.48 Å². The summed E-state index contributed by atoms with van der Waals surface area (Å²) in [6.07, 6.45) is 0. The zero-order valence-electron chi connectivity index (χ0n) is 13.8. The van der Waals surface area contributed by atoms with Crippen molar-refractivity contribution < 1.29 is 13.6 Å². The summed E-state index contributed by atoms with van der Waals surface area (Å²) in [4.78, 5) is 13.3. The highest BCUT2D eigenvalue weighted by molar-refractivity contribution is 7.10. The van der Waals surface area contributed by atoms with Gasteiger partial charge in [0.15, 0.2) is 0 Å². The molecule has 130 valence electrons. The van der Waals surface area contributed by atoms with E-state index in [1.54, 1.807) is 0 Å². The molecule has 2 aromatic heterocycles. The fourth-order valence-electron chi connectivity index (χ4n) is 2.74. The molecule has 0 spiro atoms. The van der Waals surface area contributed by atoms with Crippen LogP contribution in [0.2, 0.25) is 0 Å². The normalized spacial score (nSPS) is 12.2. The Hall–Kier alpha value is -2.54. The molecule has 0 bridgehead atoms. The van der Waals surface area contributed by atoms with Crippen LogP contribution in [0.5, 0.6) is 0 Å². The standard InChI is InChI=1S/C18H17F2N3OS/c1-11-9-12(2)23(22-11)15(16-7-4-8-25-16)10-21-18(24)17-13(19)5-3-6-14(17)20/h3-9,15H,10H2,1-2H3,(H,21,24). The lowest BCUT2D eigenvalue weighted by molar-refractivity contribution is 0.0940. The lowest BCUT2D eigenvalue weighted by Gasteiger charge is -2.19. The number of rotatable bonds is 5. The fourth-order valence-corrected chi connectivity index (χ4v) is 3.55. The monoisotopic (exact) mass is 361 g/mol. The highest BCUT2D eigenvalue weighted by atomic mass is 32.1. The molecule has 2 heterocycles. The van der Waals surface area contributed by atoms with Gasteiger partial charge in [0.05, 0.1) is 5.69 Å². The van der Waals surface area contributed by atoms with Crippen LogP contribution in [0.4, 0.5) is 8.78 Å². The number of nitrogens with zero attached hydrogens (tertiary/aromatic N) is 2. The first-order chi connectivity index (χ1) is 12.0. The zero-order valence-corrected chi connectivity index (χ0v) is 14.6. The van der Waals surface area contributed by atoms with E-state index in [0.29, 0.717) is 0 Å². The van der Waals surface area contributed by atoms with Crippen LogP contribution in [0.3, 0.4) is 0 Å². The number of hydrogen-bond donors (Lipinski definition) is 1. The molecule has 0 aliphatic carbocycles. The molecule has 4 nitrogen and oxygen atoms in total. The molecule has 7 heteroatoms. The largest absolute Gasteiger partial charge is 0.349 e. The van der Waals surface area contributed by atoms with Gasteiger partial charge < -0.3 is 5.32 Å². The summed E-state index contributed by atoms with van der Waals surface area (Å²) >= 11 is 1.54. The van der Waals surface area contributed by atoms with Crippen molar-refractivity contribution >= 4 is 17.2 Å². The van der Waals surface area contributed by atoms with Crippen LogP contribution in [0.25, 0.3) is 0 Å². The van der Waals surface area contributed by atoms with Crippen LogP contribution in [-0.4, -0.2) is 22.2 Å². The molecule has 25 heavy (non-hydrogen) atoms. The van der Waals surface area contributed by atoms with E-state index >= 15 is 0 Å². The minimum absolute atomic E-state index is 0.176. The molecule has 1 unspecified atom stereocenters. The van der Waals surface area contributed by atoms with Crippen molar-refractivity contribution in [3.8, 4) is 0 Å². The van der Waals surface area contributed by atoms with Crippen molar-refractivity contribution in [2.24, 2.45) is 0 Å². The van der Waals surface area contributed by atoms with E-state index in [1.807, 2.05) is 42.1 Å². The Morgan fingerprint density at radius 2 is 1.96 bits per heavy atom. The van der Waals surface area contributed by atoms with Gasteiger partial charge in [0.25, 0.3) is 5.91 Å². The third-order valence-electron chi connectivity index (χ3n) is 3.86. The zero-order chi connectivity index (χ0) is 18.0. The third-order valence-corrected chi connectivity index (χ3v) is 4.83. The molecule has 0 radical (unpaired) electrons. The second-order valence-electron chi connectivity index (χ2n) is 5.71. The number of benzene rings is 1. The predicted octanol–water partition coefficient (Wildman–Crippen LogP) is 3.86. The number of aromatic nitrogens is 2. The predicted molar refractivity (Wildman–Crippen MR) is 92.9 cm³/mol. The van der Waals surface area contributed by atoms with Crippen molar-refractivity contribution in [2.75, 3.05) is 6.54 Å². The summed E-state index contributed by atoms with van der Waals surface area (Å²) < 4.78 is 29.4. The number of hydrogen-bond acceptors (Lipinski definition) is 3. The van der Waals surface area contributed by atoms with Gasteiger partial charge in [-0.25, -0.2) is 8.78 Å². The van der Waals surface area contributed by atoms with E-state index in [4.69, 9.17) is 0 Å². The van der Waals surface area contributed by atoms with Crippen LogP contribution >= 0.6 is 11.3 Å². The van der Waals surface area contributed by atoms with E-state index in [-0.39, 0.29) is 12.6 Å². The Balaban J connectivity index is 1.85. The molecule has 1 amide bonds. The van der Waals surface area contributed by atoms with Crippen molar-refractivity contribution in [2.45, 2.75) is 19.9 Å². The van der Waals surface area contributed by atoms with Crippen LogP contribution in [0.15, 0.2) is 41.8 Å². The van der Waals surface area contributed by atoms with Gasteiger partial charge in [0.2, 0.25) is 0 Å². The maximum absolute atomic E-state index is 13.8. The first kappa shape index (κ1) is 17.3. The Morgan fingerprint density at radius 1 is 1.24 bits per heavy atom. The first-order valence-corrected chi connectivity index (χ1v) is 8.63. The first-order valence-electron chi connectivity index (χ1n) is 7.75. The molecule has 3 aromatic rings. The number of thiophene rings is 1. The Labute approximate surface area is 148 Å². The molecule has 0 saturated carbocycles. The van der Waals surface area contributed by atoms with Gasteiger partial charge in [-0.05, 0) is 43.5 Å². The maximum Gasteiger partial charge on any atom is 0.257 e. The lowest BCUT2D eigenvalue weighted by Crippen LogP contribution is -2.33. The molecule has 1 atom stereocenters. The number of amides is 1. The summed E-state index contributed by atoms with van der Waals surface area (Å²) in [5, 5.41) is 9.04. The van der Waals surface area contributed by atoms with Crippen LogP contribution in [0, 0.1) is 25.5 Å². The van der Waals surface area contributed by atoms with E-state index < -0.39 is 23.1 Å². The number of carbonyl (C=O) groups excluding carboxylic acids is 1. The van der Waals surface area contributed by atoms with E-state index in [0.717, 1.165) is 28.4 Å². The second-order valence-corrected chi connectivity index (χ2v) is 6.69. The van der Waals surface area contributed by atoms with Gasteiger partial charge >= 0.3 is 0 Å². The fraction of sp³-hybridized carbons (Fsp3) is 0.222. The second kappa shape index (κ2) is 7.14. The maximum atomic E-state index is 13.8. The Morgan fingerprint density at radius 3 is 2.52 bits per heavy atom. The highest BCUT2D eigenvalue weighted by Crippen LogP contribution is 2.24. The molecule has 0 fully saturated rings. The van der Waals surface area contributed by atoms with E-state index in [9.17, 15) is 13.6 Å². The molecule has 0 aliphatic rings. The van der Waals surface area contributed by atoms with Gasteiger partial charge in [-0.2, -0.15) is 5.10 Å². The van der Waals surface area contributed by atoms with E-state index in [1.165, 1.54) is 17.4 Å². The van der Waals surface area contributed by atoms with E-state index in [2.05, 4.69) is 10.4 Å². The van der Waals surface area contributed by atoms with Gasteiger partial charge in [0.1, 0.15) is 23.2 Å². The van der Waals surface area contributed by atoms with Crippen LogP contribution in [0.1, 0.15) is 32.7 Å². The quantitative estimate of drug-likeness (QED) is 0.750. The average molecular weight is 361 g/mol. The van der Waals surface area contributed by atoms with Crippen molar-refractivity contribution in [3.63, 3.8) is 0 Å². The van der Waals surface area contributed by atoms with Crippen molar-refractivity contribution in [1.29, 1.82) is 0 Å². The minimum atomic E-state index is -0.878. The highest BCUT2D eigenvalue weighted by Gasteiger charge is 2.22. The van der Waals surface area contributed by atoms with Crippen LogP contribution < -0.4 is 5.32 Å². The summed E-state index contributed by atoms with van der Waals surface area (Å²) in [7, 11) is 0. The summed E-state index contributed by atoms with van der Waals surface area (Å²) in [6, 6.07) is 8.92. The van der Waals surface area contributed by atoms with Crippen LogP contribution in [-0.2, 0) is 0 Å². The van der Waals surface area contributed by atoms with Gasteiger partial charge in [0, 0.05) is 17.1 Å². The number of halogens is 2. The molecule has 1 aromatic carbocycles. The molecular formula is C18H17F2N3OS. The van der Waals surface area contributed by atoms with Crippen molar-refractivity contribution in [3.05, 3.63) is 75.2 Å². The minimum Gasteiger partial charge on any atom is -0.349 e. The Bertz CT molecular complexity index is 870. The third kappa shape index (κ3) is 3.61. The topological polar surface area (TPSA) is 46.9 Å². The smallest absolute Gasteiger partial charge is 0.257 e. The average Bonchev–Trinajstić information content (AvgIpc) is 3.18.